The quantitative estimate of drug-likeness (QED) is 0.784. The van der Waals surface area contributed by atoms with Gasteiger partial charge in [0, 0.05) is 10.0 Å². The van der Waals surface area contributed by atoms with Gasteiger partial charge in [-0.25, -0.2) is 0 Å². The predicted molar refractivity (Wildman–Crippen MR) is 59.8 cm³/mol. The number of carbonyl (C=O) groups is 1. The van der Waals surface area contributed by atoms with Crippen molar-refractivity contribution in [2.24, 2.45) is 5.73 Å². The molecule has 4 heteroatoms. The Morgan fingerprint density at radius 1 is 1.57 bits per heavy atom. The number of benzene rings is 1. The van der Waals surface area contributed by atoms with E-state index in [1.807, 2.05) is 6.07 Å². The van der Waals surface area contributed by atoms with E-state index >= 15 is 0 Å². The van der Waals surface area contributed by atoms with Gasteiger partial charge in [-0.1, -0.05) is 39.4 Å². The molecule has 0 spiro atoms. The minimum absolute atomic E-state index is 0.0480. The first-order chi connectivity index (χ1) is 6.59. The largest absolute Gasteiger partial charge is 0.369 e. The van der Waals surface area contributed by atoms with Crippen LogP contribution < -0.4 is 5.73 Å². The molecule has 0 saturated heterocycles. The highest BCUT2D eigenvalue weighted by Crippen LogP contribution is 2.20. The van der Waals surface area contributed by atoms with E-state index in [-0.39, 0.29) is 6.42 Å². The molecule has 0 atom stereocenters. The Bertz CT molecular complexity index is 420. The predicted octanol–water partition coefficient (Wildman–Crippen LogP) is 2.33. The summed E-state index contributed by atoms with van der Waals surface area (Å²) in [5.41, 5.74) is 5.63. The third kappa shape index (κ3) is 3.41. The van der Waals surface area contributed by atoms with Gasteiger partial charge in [0.2, 0.25) is 5.91 Å². The number of halogens is 2. The molecule has 1 aromatic carbocycles. The molecule has 72 valence electrons. The molecule has 0 fully saturated rings. The second-order valence-electron chi connectivity index (χ2n) is 2.57. The monoisotopic (exact) mass is 271 g/mol. The number of primary amides is 1. The van der Waals surface area contributed by atoms with E-state index in [2.05, 4.69) is 27.8 Å². The molecule has 14 heavy (non-hydrogen) atoms. The lowest BCUT2D eigenvalue weighted by molar-refractivity contribution is -0.117. The standard InChI is InChI=1S/C10H7BrClNO/c11-8-5-4-7(9(12)6-8)2-1-3-10(13)14/h4-6H,3H2,(H2,13,14). The maximum absolute atomic E-state index is 10.4. The number of hydrogen-bond donors (Lipinski definition) is 1. The van der Waals surface area contributed by atoms with Crippen molar-refractivity contribution in [3.63, 3.8) is 0 Å². The molecular weight excluding hydrogens is 265 g/mol. The summed E-state index contributed by atoms with van der Waals surface area (Å²) >= 11 is 9.18. The van der Waals surface area contributed by atoms with Gasteiger partial charge < -0.3 is 5.73 Å². The topological polar surface area (TPSA) is 43.1 Å². The summed E-state index contributed by atoms with van der Waals surface area (Å²) in [4.78, 5) is 10.4. The summed E-state index contributed by atoms with van der Waals surface area (Å²) in [6.45, 7) is 0. The zero-order chi connectivity index (χ0) is 10.6. The van der Waals surface area contributed by atoms with Gasteiger partial charge in [-0.3, -0.25) is 4.79 Å². The molecule has 0 aliphatic carbocycles. The van der Waals surface area contributed by atoms with Gasteiger partial charge in [-0.05, 0) is 18.2 Å². The first kappa shape index (κ1) is 11.1. The summed E-state index contributed by atoms with van der Waals surface area (Å²) < 4.78 is 0.892. The molecule has 0 radical (unpaired) electrons. The van der Waals surface area contributed by atoms with Crippen LogP contribution in [-0.4, -0.2) is 5.91 Å². The van der Waals surface area contributed by atoms with Crippen LogP contribution >= 0.6 is 27.5 Å². The normalized spacial score (nSPS) is 9.00. The van der Waals surface area contributed by atoms with Crippen molar-refractivity contribution in [3.05, 3.63) is 33.3 Å². The minimum Gasteiger partial charge on any atom is -0.369 e. The van der Waals surface area contributed by atoms with Crippen molar-refractivity contribution in [1.29, 1.82) is 0 Å². The average molecular weight is 273 g/mol. The second kappa shape index (κ2) is 5.04. The van der Waals surface area contributed by atoms with Crippen molar-refractivity contribution < 1.29 is 4.79 Å². The van der Waals surface area contributed by atoms with Crippen LogP contribution in [0.15, 0.2) is 22.7 Å². The number of rotatable bonds is 1. The molecule has 0 saturated carbocycles. The number of nitrogens with two attached hydrogens (primary N) is 1. The fourth-order valence-corrected chi connectivity index (χ4v) is 1.54. The summed E-state index contributed by atoms with van der Waals surface area (Å²) in [5, 5.41) is 0.552. The fourth-order valence-electron chi connectivity index (χ4n) is 0.817. The molecule has 1 amide bonds. The van der Waals surface area contributed by atoms with Gasteiger partial charge >= 0.3 is 0 Å². The summed E-state index contributed by atoms with van der Waals surface area (Å²) in [6.07, 6.45) is 0.0480. The van der Waals surface area contributed by atoms with E-state index in [0.717, 1.165) is 4.47 Å². The SMILES string of the molecule is NC(=O)CC#Cc1ccc(Br)cc1Cl. The molecule has 1 rings (SSSR count). The molecule has 0 aromatic heterocycles. The third-order valence-electron chi connectivity index (χ3n) is 1.42. The summed E-state index contributed by atoms with van der Waals surface area (Å²) in [6, 6.07) is 5.36. The van der Waals surface area contributed by atoms with Crippen molar-refractivity contribution in [2.75, 3.05) is 0 Å². The van der Waals surface area contributed by atoms with Crippen LogP contribution in [0.4, 0.5) is 0 Å². The van der Waals surface area contributed by atoms with Gasteiger partial charge in [0.15, 0.2) is 0 Å². The molecule has 0 aliphatic heterocycles. The maximum atomic E-state index is 10.4. The first-order valence-corrected chi connectivity index (χ1v) is 4.99. The van der Waals surface area contributed by atoms with Crippen molar-refractivity contribution in [1.82, 2.24) is 0 Å². The molecule has 2 nitrogen and oxygen atoms in total. The summed E-state index contributed by atoms with van der Waals surface area (Å²) in [5.74, 6) is 4.97. The minimum atomic E-state index is -0.439. The average Bonchev–Trinajstić information content (AvgIpc) is 2.08. The Balaban J connectivity index is 2.85. The molecule has 0 aliphatic rings. The first-order valence-electron chi connectivity index (χ1n) is 3.82. The van der Waals surface area contributed by atoms with Crippen LogP contribution in [0.2, 0.25) is 5.02 Å². The fraction of sp³-hybridized carbons (Fsp3) is 0.100. The van der Waals surface area contributed by atoms with Crippen molar-refractivity contribution in [3.8, 4) is 11.8 Å². The van der Waals surface area contributed by atoms with E-state index in [4.69, 9.17) is 17.3 Å². The van der Waals surface area contributed by atoms with Gasteiger partial charge in [0.05, 0.1) is 11.4 Å². The lowest BCUT2D eigenvalue weighted by Gasteiger charge is -1.95. The second-order valence-corrected chi connectivity index (χ2v) is 3.89. The molecule has 0 heterocycles. The van der Waals surface area contributed by atoms with Crippen LogP contribution in [-0.2, 0) is 4.79 Å². The number of carbonyl (C=O) groups excluding carboxylic acids is 1. The Hall–Kier alpha value is -0.980. The van der Waals surface area contributed by atoms with Crippen LogP contribution in [0.1, 0.15) is 12.0 Å². The molecule has 2 N–H and O–H groups in total. The third-order valence-corrected chi connectivity index (χ3v) is 2.22. The van der Waals surface area contributed by atoms with Crippen LogP contribution in [0.25, 0.3) is 0 Å². The Kier molecular flexibility index (Phi) is 3.99. The van der Waals surface area contributed by atoms with Gasteiger partial charge in [0.1, 0.15) is 0 Å². The van der Waals surface area contributed by atoms with Crippen LogP contribution in [0, 0.1) is 11.8 Å². The lowest BCUT2D eigenvalue weighted by Crippen LogP contribution is -2.08. The Morgan fingerprint density at radius 2 is 2.29 bits per heavy atom. The zero-order valence-corrected chi connectivity index (χ0v) is 9.52. The molecule has 0 unspecified atom stereocenters. The van der Waals surface area contributed by atoms with Crippen molar-refractivity contribution in [2.45, 2.75) is 6.42 Å². The molecule has 1 aromatic rings. The highest BCUT2D eigenvalue weighted by molar-refractivity contribution is 9.10. The number of amides is 1. The lowest BCUT2D eigenvalue weighted by atomic mass is 10.2. The highest BCUT2D eigenvalue weighted by atomic mass is 79.9. The Morgan fingerprint density at radius 3 is 2.86 bits per heavy atom. The number of hydrogen-bond acceptors (Lipinski definition) is 1. The van der Waals surface area contributed by atoms with E-state index in [1.54, 1.807) is 12.1 Å². The van der Waals surface area contributed by atoms with E-state index < -0.39 is 5.91 Å². The van der Waals surface area contributed by atoms with E-state index in [0.29, 0.717) is 10.6 Å². The molecule has 0 bridgehead atoms. The molecular formula is C10H7BrClNO. The van der Waals surface area contributed by atoms with E-state index in [9.17, 15) is 4.79 Å². The van der Waals surface area contributed by atoms with Crippen LogP contribution in [0.3, 0.4) is 0 Å². The van der Waals surface area contributed by atoms with Gasteiger partial charge in [-0.15, -0.1) is 0 Å². The highest BCUT2D eigenvalue weighted by Gasteiger charge is 1.96. The van der Waals surface area contributed by atoms with Gasteiger partial charge in [-0.2, -0.15) is 0 Å². The van der Waals surface area contributed by atoms with Crippen LogP contribution in [0.5, 0.6) is 0 Å². The zero-order valence-electron chi connectivity index (χ0n) is 7.18. The maximum Gasteiger partial charge on any atom is 0.229 e. The summed E-state index contributed by atoms with van der Waals surface area (Å²) in [7, 11) is 0. The van der Waals surface area contributed by atoms with E-state index in [1.165, 1.54) is 0 Å². The smallest absolute Gasteiger partial charge is 0.229 e. The Labute approximate surface area is 95.6 Å². The van der Waals surface area contributed by atoms with Gasteiger partial charge in [0.25, 0.3) is 0 Å². The van der Waals surface area contributed by atoms with Crippen molar-refractivity contribution >= 4 is 33.4 Å².